The van der Waals surface area contributed by atoms with Crippen LogP contribution in [0.5, 0.6) is 0 Å². The van der Waals surface area contributed by atoms with Crippen LogP contribution in [0, 0.1) is 0 Å². The lowest BCUT2D eigenvalue weighted by molar-refractivity contribution is -0.131. The van der Waals surface area contributed by atoms with Crippen molar-refractivity contribution in [3.8, 4) is 0 Å². The second kappa shape index (κ2) is 7.88. The molecule has 1 amide bonds. The topological polar surface area (TPSA) is 75.4 Å². The summed E-state index contributed by atoms with van der Waals surface area (Å²) < 4.78 is 0. The molecule has 2 heterocycles. The molecule has 126 valence electrons. The zero-order chi connectivity index (χ0) is 16.8. The molecule has 1 aliphatic rings. The summed E-state index contributed by atoms with van der Waals surface area (Å²) in [6.07, 6.45) is 2.93. The molecular weight excluding hydrogens is 302 g/mol. The predicted molar refractivity (Wildman–Crippen MR) is 93.4 cm³/mol. The molecule has 1 aromatic carbocycles. The number of aromatic nitrogens is 2. The van der Waals surface area contributed by atoms with E-state index in [0.717, 1.165) is 37.4 Å². The van der Waals surface area contributed by atoms with Gasteiger partial charge in [-0.1, -0.05) is 30.3 Å². The number of nitrogens with two attached hydrogens (primary N) is 1. The maximum atomic E-state index is 12.6. The van der Waals surface area contributed by atoms with Crippen LogP contribution in [0.25, 0.3) is 0 Å². The van der Waals surface area contributed by atoms with Gasteiger partial charge in [-0.05, 0) is 24.1 Å². The third kappa shape index (κ3) is 4.08. The number of anilines is 1. The van der Waals surface area contributed by atoms with E-state index in [4.69, 9.17) is 5.73 Å². The van der Waals surface area contributed by atoms with E-state index in [1.165, 1.54) is 0 Å². The van der Waals surface area contributed by atoms with Crippen LogP contribution in [0.4, 0.5) is 5.82 Å². The van der Waals surface area contributed by atoms with Crippen LogP contribution >= 0.6 is 0 Å². The molecule has 0 radical (unpaired) electrons. The number of amides is 1. The van der Waals surface area contributed by atoms with Gasteiger partial charge in [-0.2, -0.15) is 5.10 Å². The van der Waals surface area contributed by atoms with Crippen LogP contribution in [-0.4, -0.2) is 47.2 Å². The van der Waals surface area contributed by atoms with Crippen LogP contribution in [0.3, 0.4) is 0 Å². The molecule has 6 nitrogen and oxygen atoms in total. The molecule has 1 saturated heterocycles. The summed E-state index contributed by atoms with van der Waals surface area (Å²) in [5.41, 5.74) is 7.19. The minimum absolute atomic E-state index is 0.118. The minimum atomic E-state index is -0.252. The van der Waals surface area contributed by atoms with Gasteiger partial charge in [-0.25, -0.2) is 0 Å². The summed E-state index contributed by atoms with van der Waals surface area (Å²) in [6.45, 7) is 3.10. The monoisotopic (exact) mass is 325 g/mol. The Bertz CT molecular complexity index is 649. The molecule has 0 aliphatic carbocycles. The molecule has 24 heavy (non-hydrogen) atoms. The normalized spacial score (nSPS) is 16.5. The highest BCUT2D eigenvalue weighted by Gasteiger charge is 2.22. The fraction of sp³-hybridized carbons (Fsp3) is 0.389. The van der Waals surface area contributed by atoms with Gasteiger partial charge in [0.25, 0.3) is 0 Å². The highest BCUT2D eigenvalue weighted by molar-refractivity contribution is 5.77. The maximum Gasteiger partial charge on any atom is 0.224 e. The standard InChI is InChI=1S/C18H23N5O/c19-16(15-6-2-1-3-7-15)14-18(24)23-11-5-10-22(12-13-23)17-8-4-9-20-21-17/h1-4,6-9,16H,5,10-14,19H2. The third-order valence-electron chi connectivity index (χ3n) is 4.35. The number of rotatable bonds is 4. The molecule has 0 spiro atoms. The molecule has 1 unspecified atom stereocenters. The van der Waals surface area contributed by atoms with E-state index in [2.05, 4.69) is 15.1 Å². The van der Waals surface area contributed by atoms with Crippen LogP contribution in [0.1, 0.15) is 24.4 Å². The lowest BCUT2D eigenvalue weighted by Crippen LogP contribution is -2.36. The quantitative estimate of drug-likeness (QED) is 0.924. The summed E-state index contributed by atoms with van der Waals surface area (Å²) in [6, 6.07) is 13.4. The number of hydrogen-bond acceptors (Lipinski definition) is 5. The lowest BCUT2D eigenvalue weighted by atomic mass is 10.0. The number of carbonyl (C=O) groups excluding carboxylic acids is 1. The van der Waals surface area contributed by atoms with E-state index in [1.807, 2.05) is 47.4 Å². The van der Waals surface area contributed by atoms with Crippen LogP contribution in [0.15, 0.2) is 48.7 Å². The fourth-order valence-electron chi connectivity index (χ4n) is 2.99. The molecule has 1 fully saturated rings. The summed E-state index contributed by atoms with van der Waals surface area (Å²) >= 11 is 0. The van der Waals surface area contributed by atoms with Gasteiger partial charge in [0, 0.05) is 44.8 Å². The third-order valence-corrected chi connectivity index (χ3v) is 4.35. The second-order valence-corrected chi connectivity index (χ2v) is 6.02. The molecular formula is C18H23N5O. The van der Waals surface area contributed by atoms with Gasteiger partial charge in [-0.3, -0.25) is 4.79 Å². The molecule has 2 aromatic rings. The van der Waals surface area contributed by atoms with E-state index in [0.29, 0.717) is 13.0 Å². The van der Waals surface area contributed by atoms with E-state index in [-0.39, 0.29) is 11.9 Å². The van der Waals surface area contributed by atoms with Crippen LogP contribution in [-0.2, 0) is 4.79 Å². The number of hydrogen-bond donors (Lipinski definition) is 1. The smallest absolute Gasteiger partial charge is 0.224 e. The Hall–Kier alpha value is -2.47. The SMILES string of the molecule is NC(CC(=O)N1CCCN(c2cccnn2)CC1)c1ccccc1. The zero-order valence-corrected chi connectivity index (χ0v) is 13.7. The van der Waals surface area contributed by atoms with Crippen LogP contribution < -0.4 is 10.6 Å². The Labute approximate surface area is 142 Å². The maximum absolute atomic E-state index is 12.6. The molecule has 1 aromatic heterocycles. The molecule has 1 aliphatic heterocycles. The molecule has 3 rings (SSSR count). The largest absolute Gasteiger partial charge is 0.353 e. The molecule has 1 atom stereocenters. The Morgan fingerprint density at radius 1 is 1.08 bits per heavy atom. The van der Waals surface area contributed by atoms with Crippen molar-refractivity contribution in [2.24, 2.45) is 5.73 Å². The Balaban J connectivity index is 1.56. The zero-order valence-electron chi connectivity index (χ0n) is 13.7. The van der Waals surface area contributed by atoms with Gasteiger partial charge in [0.05, 0.1) is 0 Å². The van der Waals surface area contributed by atoms with Gasteiger partial charge in [0.15, 0.2) is 5.82 Å². The first kappa shape index (κ1) is 16.4. The van der Waals surface area contributed by atoms with Crippen molar-refractivity contribution in [3.63, 3.8) is 0 Å². The van der Waals surface area contributed by atoms with Gasteiger partial charge >= 0.3 is 0 Å². The number of carbonyl (C=O) groups is 1. The summed E-state index contributed by atoms with van der Waals surface area (Å²) in [4.78, 5) is 16.7. The molecule has 2 N–H and O–H groups in total. The van der Waals surface area contributed by atoms with Gasteiger partial charge < -0.3 is 15.5 Å². The first-order valence-corrected chi connectivity index (χ1v) is 8.35. The summed E-state index contributed by atoms with van der Waals surface area (Å²) in [5, 5.41) is 8.08. The van der Waals surface area contributed by atoms with Crippen molar-refractivity contribution >= 4 is 11.7 Å². The van der Waals surface area contributed by atoms with Gasteiger partial charge in [0.2, 0.25) is 5.91 Å². The highest BCUT2D eigenvalue weighted by atomic mass is 16.2. The van der Waals surface area contributed by atoms with Gasteiger partial charge in [0.1, 0.15) is 0 Å². The average Bonchev–Trinajstić information content (AvgIpc) is 2.89. The van der Waals surface area contributed by atoms with Crippen molar-refractivity contribution < 1.29 is 4.79 Å². The van der Waals surface area contributed by atoms with E-state index < -0.39 is 0 Å². The van der Waals surface area contributed by atoms with Crippen molar-refractivity contribution in [1.29, 1.82) is 0 Å². The Morgan fingerprint density at radius 2 is 1.92 bits per heavy atom. The lowest BCUT2D eigenvalue weighted by Gasteiger charge is -2.23. The van der Waals surface area contributed by atoms with E-state index in [1.54, 1.807) is 6.20 Å². The summed E-state index contributed by atoms with van der Waals surface area (Å²) in [7, 11) is 0. The van der Waals surface area contributed by atoms with Crippen LogP contribution in [0.2, 0.25) is 0 Å². The molecule has 6 heteroatoms. The van der Waals surface area contributed by atoms with Gasteiger partial charge in [-0.15, -0.1) is 5.10 Å². The van der Waals surface area contributed by atoms with Crippen molar-refractivity contribution in [2.45, 2.75) is 18.9 Å². The van der Waals surface area contributed by atoms with E-state index in [9.17, 15) is 4.79 Å². The fourth-order valence-corrected chi connectivity index (χ4v) is 2.99. The minimum Gasteiger partial charge on any atom is -0.353 e. The summed E-state index contributed by atoms with van der Waals surface area (Å²) in [5.74, 6) is 0.986. The number of nitrogens with zero attached hydrogens (tertiary/aromatic N) is 4. The second-order valence-electron chi connectivity index (χ2n) is 6.02. The van der Waals surface area contributed by atoms with Crippen molar-refractivity contribution in [1.82, 2.24) is 15.1 Å². The Morgan fingerprint density at radius 3 is 2.67 bits per heavy atom. The Kier molecular flexibility index (Phi) is 5.38. The van der Waals surface area contributed by atoms with Crippen molar-refractivity contribution in [2.75, 3.05) is 31.1 Å². The molecule has 0 saturated carbocycles. The molecule has 0 bridgehead atoms. The average molecular weight is 325 g/mol. The highest BCUT2D eigenvalue weighted by Crippen LogP contribution is 2.17. The van der Waals surface area contributed by atoms with Crippen molar-refractivity contribution in [3.05, 3.63) is 54.2 Å². The first-order valence-electron chi connectivity index (χ1n) is 8.35. The first-order chi connectivity index (χ1) is 11.7. The predicted octanol–water partition coefficient (Wildman–Crippen LogP) is 1.61. The number of benzene rings is 1. The van der Waals surface area contributed by atoms with E-state index >= 15 is 0 Å².